The lowest BCUT2D eigenvalue weighted by Crippen LogP contribution is -2.52. The summed E-state index contributed by atoms with van der Waals surface area (Å²) in [4.78, 5) is 12.5. The van der Waals surface area contributed by atoms with Gasteiger partial charge in [0.2, 0.25) is 0 Å². The van der Waals surface area contributed by atoms with Crippen molar-refractivity contribution in [3.63, 3.8) is 0 Å². The van der Waals surface area contributed by atoms with Gasteiger partial charge in [-0.1, -0.05) is 15.9 Å². The number of fused-ring (bicyclic) bond motifs is 1. The third-order valence-corrected chi connectivity index (χ3v) is 4.57. The number of hydrogen-bond acceptors (Lipinski definition) is 4. The molecule has 0 radical (unpaired) electrons. The quantitative estimate of drug-likeness (QED) is 0.914. The van der Waals surface area contributed by atoms with Gasteiger partial charge in [0.1, 0.15) is 5.75 Å². The Hall–Kier alpha value is -0.910. The van der Waals surface area contributed by atoms with Crippen molar-refractivity contribution in [2.45, 2.75) is 31.2 Å². The number of rotatable bonds is 3. The van der Waals surface area contributed by atoms with Crippen LogP contribution in [-0.4, -0.2) is 31.1 Å². The van der Waals surface area contributed by atoms with Gasteiger partial charge in [-0.05, 0) is 30.5 Å². The molecule has 4 nitrogen and oxygen atoms in total. The van der Waals surface area contributed by atoms with Gasteiger partial charge in [0, 0.05) is 36.1 Å². The average molecular weight is 340 g/mol. The first-order valence-electron chi connectivity index (χ1n) is 6.92. The van der Waals surface area contributed by atoms with Gasteiger partial charge in [-0.3, -0.25) is 4.79 Å². The van der Waals surface area contributed by atoms with E-state index in [0.29, 0.717) is 39.1 Å². The predicted molar refractivity (Wildman–Crippen MR) is 79.0 cm³/mol. The monoisotopic (exact) mass is 339 g/mol. The number of ketones is 1. The molecule has 0 unspecified atom stereocenters. The first-order chi connectivity index (χ1) is 9.58. The number of halogens is 1. The predicted octanol–water partition coefficient (Wildman–Crippen LogP) is 2.00. The molecule has 1 saturated heterocycles. The van der Waals surface area contributed by atoms with Gasteiger partial charge in [-0.15, -0.1) is 0 Å². The zero-order chi connectivity index (χ0) is 14.2. The third-order valence-electron chi connectivity index (χ3n) is 4.12. The van der Waals surface area contributed by atoms with E-state index >= 15 is 0 Å². The Kier molecular flexibility index (Phi) is 3.84. The topological polar surface area (TPSA) is 61.6 Å². The summed E-state index contributed by atoms with van der Waals surface area (Å²) in [7, 11) is 0. The molecular formula is C15H18BrNO3. The molecule has 1 fully saturated rings. The number of carbonyl (C=O) groups excluding carboxylic acids is 1. The molecule has 2 aliphatic rings. The van der Waals surface area contributed by atoms with Crippen LogP contribution in [0.1, 0.15) is 24.0 Å². The minimum absolute atomic E-state index is 0.0802. The highest BCUT2D eigenvalue weighted by atomic mass is 79.9. The molecule has 0 aromatic heterocycles. The maximum Gasteiger partial charge on any atom is 0.157 e. The van der Waals surface area contributed by atoms with E-state index in [1.165, 1.54) is 5.56 Å². The van der Waals surface area contributed by atoms with Crippen LogP contribution in [0.15, 0.2) is 16.6 Å². The fourth-order valence-electron chi connectivity index (χ4n) is 2.84. The molecule has 2 aliphatic heterocycles. The molecule has 0 bridgehead atoms. The average Bonchev–Trinajstić information content (AvgIpc) is 2.87. The fraction of sp³-hybridized carbons (Fsp3) is 0.533. The largest absolute Gasteiger partial charge is 0.493 e. The van der Waals surface area contributed by atoms with E-state index in [2.05, 4.69) is 22.0 Å². The number of hydrogen-bond donors (Lipinski definition) is 1. The second-order valence-corrected chi connectivity index (χ2v) is 6.44. The normalized spacial score (nSPS) is 20.3. The highest BCUT2D eigenvalue weighted by Gasteiger charge is 2.36. The van der Waals surface area contributed by atoms with Gasteiger partial charge in [0.05, 0.1) is 12.1 Å². The van der Waals surface area contributed by atoms with E-state index in [-0.39, 0.29) is 5.78 Å². The second-order valence-electron chi connectivity index (χ2n) is 5.52. The Morgan fingerprint density at radius 2 is 2.05 bits per heavy atom. The Labute approximate surface area is 126 Å². The number of ether oxygens (including phenoxy) is 2. The Bertz CT molecular complexity index is 538. The van der Waals surface area contributed by atoms with Gasteiger partial charge in [0.25, 0.3) is 0 Å². The molecule has 5 heteroatoms. The van der Waals surface area contributed by atoms with Crippen molar-refractivity contribution in [2.24, 2.45) is 5.73 Å². The summed E-state index contributed by atoms with van der Waals surface area (Å²) in [5, 5.41) is 0. The molecule has 1 aromatic rings. The Morgan fingerprint density at radius 1 is 1.30 bits per heavy atom. The number of Topliss-reactive ketones (excluding diaryl/α,β-unsaturated/α-hetero) is 1. The van der Waals surface area contributed by atoms with E-state index in [0.717, 1.165) is 22.2 Å². The zero-order valence-corrected chi connectivity index (χ0v) is 12.9. The maximum absolute atomic E-state index is 12.5. The standard InChI is InChI=1S/C15H18BrNO3/c16-12-7-10-1-4-20-14(10)11(8-12)9-13(18)15(17)2-5-19-6-3-15/h7-8H,1-6,9,17H2. The summed E-state index contributed by atoms with van der Waals surface area (Å²) in [5.74, 6) is 0.953. The molecule has 2 N–H and O–H groups in total. The van der Waals surface area contributed by atoms with E-state index in [9.17, 15) is 4.79 Å². The van der Waals surface area contributed by atoms with Gasteiger partial charge in [-0.25, -0.2) is 0 Å². The van der Waals surface area contributed by atoms with Crippen molar-refractivity contribution in [3.8, 4) is 5.75 Å². The lowest BCUT2D eigenvalue weighted by atomic mass is 9.83. The molecule has 0 atom stereocenters. The molecule has 1 aromatic carbocycles. The van der Waals surface area contributed by atoms with Gasteiger partial charge >= 0.3 is 0 Å². The molecule has 3 rings (SSSR count). The van der Waals surface area contributed by atoms with Gasteiger partial charge in [0.15, 0.2) is 5.78 Å². The fourth-order valence-corrected chi connectivity index (χ4v) is 3.39. The summed E-state index contributed by atoms with van der Waals surface area (Å²) in [6, 6.07) is 4.02. The van der Waals surface area contributed by atoms with Crippen molar-refractivity contribution < 1.29 is 14.3 Å². The molecule has 0 aliphatic carbocycles. The summed E-state index contributed by atoms with van der Waals surface area (Å²) in [5.41, 5.74) is 7.61. The summed E-state index contributed by atoms with van der Waals surface area (Å²) in [6.45, 7) is 1.82. The minimum Gasteiger partial charge on any atom is -0.493 e. The molecule has 2 heterocycles. The van der Waals surface area contributed by atoms with Crippen LogP contribution in [0.2, 0.25) is 0 Å². The van der Waals surface area contributed by atoms with Crippen molar-refractivity contribution in [3.05, 3.63) is 27.7 Å². The van der Waals surface area contributed by atoms with Crippen LogP contribution in [0.25, 0.3) is 0 Å². The van der Waals surface area contributed by atoms with Crippen LogP contribution in [0.4, 0.5) is 0 Å². The lowest BCUT2D eigenvalue weighted by Gasteiger charge is -2.32. The zero-order valence-electron chi connectivity index (χ0n) is 11.3. The Balaban J connectivity index is 1.83. The van der Waals surface area contributed by atoms with Crippen LogP contribution in [0, 0.1) is 0 Å². The van der Waals surface area contributed by atoms with Gasteiger partial charge in [-0.2, -0.15) is 0 Å². The maximum atomic E-state index is 12.5. The van der Waals surface area contributed by atoms with Crippen LogP contribution >= 0.6 is 15.9 Å². The molecule has 108 valence electrons. The van der Waals surface area contributed by atoms with E-state index < -0.39 is 5.54 Å². The smallest absolute Gasteiger partial charge is 0.157 e. The molecular weight excluding hydrogens is 322 g/mol. The molecule has 0 spiro atoms. The van der Waals surface area contributed by atoms with Crippen molar-refractivity contribution in [2.75, 3.05) is 19.8 Å². The van der Waals surface area contributed by atoms with Gasteiger partial charge < -0.3 is 15.2 Å². The SMILES string of the molecule is NC1(C(=O)Cc2cc(Br)cc3c2OCC3)CCOCC1. The lowest BCUT2D eigenvalue weighted by molar-refractivity contribution is -0.126. The second kappa shape index (κ2) is 5.47. The first-order valence-corrected chi connectivity index (χ1v) is 7.72. The highest BCUT2D eigenvalue weighted by molar-refractivity contribution is 9.10. The van der Waals surface area contributed by atoms with Crippen molar-refractivity contribution >= 4 is 21.7 Å². The van der Waals surface area contributed by atoms with Crippen molar-refractivity contribution in [1.82, 2.24) is 0 Å². The number of benzene rings is 1. The van der Waals surface area contributed by atoms with E-state index in [1.807, 2.05) is 6.07 Å². The van der Waals surface area contributed by atoms with Crippen molar-refractivity contribution in [1.29, 1.82) is 0 Å². The third kappa shape index (κ3) is 2.62. The molecule has 20 heavy (non-hydrogen) atoms. The summed E-state index contributed by atoms with van der Waals surface area (Å²) in [6.07, 6.45) is 2.43. The number of carbonyl (C=O) groups is 1. The number of nitrogens with two attached hydrogens (primary N) is 1. The van der Waals surface area contributed by atoms with Crippen LogP contribution in [-0.2, 0) is 22.4 Å². The minimum atomic E-state index is -0.744. The van der Waals surface area contributed by atoms with Crippen LogP contribution in [0.3, 0.4) is 0 Å². The summed E-state index contributed by atoms with van der Waals surface area (Å²) < 4.78 is 11.9. The first kappa shape index (κ1) is 14.0. The van der Waals surface area contributed by atoms with Crippen LogP contribution in [0.5, 0.6) is 5.75 Å². The van der Waals surface area contributed by atoms with E-state index in [4.69, 9.17) is 15.2 Å². The Morgan fingerprint density at radius 3 is 2.80 bits per heavy atom. The molecule has 0 amide bonds. The van der Waals surface area contributed by atoms with Crippen LogP contribution < -0.4 is 10.5 Å². The highest BCUT2D eigenvalue weighted by Crippen LogP contribution is 2.34. The summed E-state index contributed by atoms with van der Waals surface area (Å²) >= 11 is 3.50. The molecule has 0 saturated carbocycles. The van der Waals surface area contributed by atoms with E-state index in [1.54, 1.807) is 0 Å².